The van der Waals surface area contributed by atoms with Gasteiger partial charge in [-0.2, -0.15) is 5.10 Å². The quantitative estimate of drug-likeness (QED) is 0.351. The normalized spacial score (nSPS) is 10.7. The van der Waals surface area contributed by atoms with Crippen molar-refractivity contribution in [1.82, 2.24) is 5.43 Å². The van der Waals surface area contributed by atoms with E-state index in [2.05, 4.69) is 10.5 Å². The molecule has 1 N–H and O–H groups in total. The molecule has 0 unspecified atom stereocenters. The molecule has 3 rings (SSSR count). The van der Waals surface area contributed by atoms with Crippen molar-refractivity contribution in [2.24, 2.45) is 5.10 Å². The molecule has 0 aromatic heterocycles. The van der Waals surface area contributed by atoms with Crippen LogP contribution in [0.25, 0.3) is 0 Å². The summed E-state index contributed by atoms with van der Waals surface area (Å²) in [7, 11) is 0. The lowest BCUT2D eigenvalue weighted by atomic mass is 10.2. The van der Waals surface area contributed by atoms with Crippen molar-refractivity contribution < 1.29 is 14.5 Å². The molecule has 146 valence electrons. The number of hydrogen-bond donors (Lipinski definition) is 1. The van der Waals surface area contributed by atoms with Gasteiger partial charge in [-0.3, -0.25) is 14.9 Å². The number of benzene rings is 3. The van der Waals surface area contributed by atoms with Gasteiger partial charge < -0.3 is 4.74 Å². The van der Waals surface area contributed by atoms with Crippen LogP contribution in [0.1, 0.15) is 21.5 Å². The van der Waals surface area contributed by atoms with Gasteiger partial charge in [0.15, 0.2) is 0 Å². The summed E-state index contributed by atoms with van der Waals surface area (Å²) in [5, 5.41) is 15.0. The SMILES string of the molecule is O=C(N/N=C\c1cccc(OCc2ccc([N+](=O)[O-])cc2)c1)c1ccccc1Cl. The number of ether oxygens (including phenoxy) is 1. The number of rotatable bonds is 7. The van der Waals surface area contributed by atoms with E-state index in [0.717, 1.165) is 11.1 Å². The van der Waals surface area contributed by atoms with E-state index in [1.54, 1.807) is 54.6 Å². The fraction of sp³-hybridized carbons (Fsp3) is 0.0476. The van der Waals surface area contributed by atoms with E-state index >= 15 is 0 Å². The minimum absolute atomic E-state index is 0.0331. The summed E-state index contributed by atoms with van der Waals surface area (Å²) in [4.78, 5) is 22.3. The molecule has 8 heteroatoms. The molecule has 29 heavy (non-hydrogen) atoms. The van der Waals surface area contributed by atoms with Gasteiger partial charge in [-0.15, -0.1) is 0 Å². The Morgan fingerprint density at radius 2 is 1.86 bits per heavy atom. The molecule has 7 nitrogen and oxygen atoms in total. The zero-order valence-electron chi connectivity index (χ0n) is 15.1. The number of hydrogen-bond acceptors (Lipinski definition) is 5. The number of carbonyl (C=O) groups is 1. The molecule has 0 saturated carbocycles. The highest BCUT2D eigenvalue weighted by Gasteiger charge is 2.08. The van der Waals surface area contributed by atoms with Crippen molar-refractivity contribution in [3.63, 3.8) is 0 Å². The Kier molecular flexibility index (Phi) is 6.55. The van der Waals surface area contributed by atoms with Crippen LogP contribution in [0.5, 0.6) is 5.75 Å². The third-order valence-corrected chi connectivity index (χ3v) is 4.24. The fourth-order valence-electron chi connectivity index (χ4n) is 2.44. The molecule has 0 heterocycles. The van der Waals surface area contributed by atoms with Crippen molar-refractivity contribution in [1.29, 1.82) is 0 Å². The fourth-order valence-corrected chi connectivity index (χ4v) is 2.66. The van der Waals surface area contributed by atoms with Crippen LogP contribution in [0.15, 0.2) is 77.9 Å². The maximum Gasteiger partial charge on any atom is 0.272 e. The van der Waals surface area contributed by atoms with E-state index in [1.165, 1.54) is 18.3 Å². The highest BCUT2D eigenvalue weighted by Crippen LogP contribution is 2.17. The van der Waals surface area contributed by atoms with Crippen LogP contribution in [-0.2, 0) is 6.61 Å². The van der Waals surface area contributed by atoms with Crippen molar-refractivity contribution in [3.05, 3.63) is 105 Å². The highest BCUT2D eigenvalue weighted by atomic mass is 35.5. The lowest BCUT2D eigenvalue weighted by Gasteiger charge is -2.07. The number of halogens is 1. The van der Waals surface area contributed by atoms with Crippen LogP contribution in [0.4, 0.5) is 5.69 Å². The van der Waals surface area contributed by atoms with Crippen LogP contribution >= 0.6 is 11.6 Å². The van der Waals surface area contributed by atoms with Gasteiger partial charge in [0.25, 0.3) is 11.6 Å². The summed E-state index contributed by atoms with van der Waals surface area (Å²) in [6, 6.07) is 20.0. The van der Waals surface area contributed by atoms with Gasteiger partial charge in [-0.25, -0.2) is 5.43 Å². The largest absolute Gasteiger partial charge is 0.489 e. The molecular weight excluding hydrogens is 394 g/mol. The molecule has 1 amide bonds. The van der Waals surface area contributed by atoms with E-state index in [4.69, 9.17) is 16.3 Å². The first kappa shape index (κ1) is 20.0. The smallest absolute Gasteiger partial charge is 0.272 e. The Balaban J connectivity index is 1.57. The number of nitrogens with zero attached hydrogens (tertiary/aromatic N) is 2. The van der Waals surface area contributed by atoms with E-state index in [0.29, 0.717) is 16.3 Å². The van der Waals surface area contributed by atoms with Gasteiger partial charge in [-0.05, 0) is 47.5 Å². The first-order valence-corrected chi connectivity index (χ1v) is 8.95. The topological polar surface area (TPSA) is 93.8 Å². The summed E-state index contributed by atoms with van der Waals surface area (Å²) in [6.45, 7) is 0.266. The average Bonchev–Trinajstić information content (AvgIpc) is 2.73. The van der Waals surface area contributed by atoms with Crippen molar-refractivity contribution in [2.75, 3.05) is 0 Å². The Morgan fingerprint density at radius 3 is 2.59 bits per heavy atom. The predicted octanol–water partition coefficient (Wildman–Crippen LogP) is 4.59. The minimum Gasteiger partial charge on any atom is -0.489 e. The molecule has 0 atom stereocenters. The molecule has 0 aliphatic rings. The van der Waals surface area contributed by atoms with E-state index in [-0.39, 0.29) is 12.3 Å². The molecule has 0 fully saturated rings. The summed E-state index contributed by atoms with van der Waals surface area (Å²) in [5.41, 5.74) is 4.34. The maximum atomic E-state index is 12.1. The third-order valence-electron chi connectivity index (χ3n) is 3.91. The van der Waals surface area contributed by atoms with Gasteiger partial charge in [0.2, 0.25) is 0 Å². The van der Waals surface area contributed by atoms with Crippen molar-refractivity contribution in [2.45, 2.75) is 6.61 Å². The molecule has 0 radical (unpaired) electrons. The van der Waals surface area contributed by atoms with Gasteiger partial charge in [0.1, 0.15) is 12.4 Å². The van der Waals surface area contributed by atoms with Crippen LogP contribution < -0.4 is 10.2 Å². The molecule has 0 saturated heterocycles. The van der Waals surface area contributed by atoms with Gasteiger partial charge >= 0.3 is 0 Å². The predicted molar refractivity (Wildman–Crippen MR) is 110 cm³/mol. The second kappa shape index (κ2) is 9.48. The minimum atomic E-state index is -0.446. The summed E-state index contributed by atoms with van der Waals surface area (Å²) >= 11 is 5.98. The summed E-state index contributed by atoms with van der Waals surface area (Å²) in [6.07, 6.45) is 1.49. The number of non-ortho nitro benzene ring substituents is 1. The van der Waals surface area contributed by atoms with Crippen LogP contribution in [0, 0.1) is 10.1 Å². The first-order valence-electron chi connectivity index (χ1n) is 8.57. The second-order valence-electron chi connectivity index (χ2n) is 5.96. The second-order valence-corrected chi connectivity index (χ2v) is 6.37. The molecule has 0 aliphatic heterocycles. The van der Waals surface area contributed by atoms with E-state index in [9.17, 15) is 14.9 Å². The zero-order valence-corrected chi connectivity index (χ0v) is 15.9. The molecule has 3 aromatic carbocycles. The average molecular weight is 410 g/mol. The van der Waals surface area contributed by atoms with Gasteiger partial charge in [0, 0.05) is 12.1 Å². The molecule has 0 spiro atoms. The number of carbonyl (C=O) groups excluding carboxylic acids is 1. The summed E-state index contributed by atoms with van der Waals surface area (Å²) in [5.74, 6) is 0.196. The number of amides is 1. The number of nitro benzene ring substituents is 1. The Bertz CT molecular complexity index is 1050. The molecule has 0 aliphatic carbocycles. The number of nitrogens with one attached hydrogen (secondary N) is 1. The van der Waals surface area contributed by atoms with Crippen molar-refractivity contribution in [3.8, 4) is 5.75 Å². The molecule has 0 bridgehead atoms. The standard InChI is InChI=1S/C21H16ClN3O4/c22-20-7-2-1-6-19(20)21(26)24-23-13-16-4-3-5-18(12-16)29-14-15-8-10-17(11-9-15)25(27)28/h1-13H,14H2,(H,24,26)/b23-13-. The van der Waals surface area contributed by atoms with Crippen LogP contribution in [0.2, 0.25) is 5.02 Å². The van der Waals surface area contributed by atoms with Gasteiger partial charge in [-0.1, -0.05) is 35.9 Å². The lowest BCUT2D eigenvalue weighted by molar-refractivity contribution is -0.384. The summed E-state index contributed by atoms with van der Waals surface area (Å²) < 4.78 is 5.71. The monoisotopic (exact) mass is 409 g/mol. The van der Waals surface area contributed by atoms with Gasteiger partial charge in [0.05, 0.1) is 21.7 Å². The third kappa shape index (κ3) is 5.63. The van der Waals surface area contributed by atoms with E-state index < -0.39 is 10.8 Å². The highest BCUT2D eigenvalue weighted by molar-refractivity contribution is 6.33. The van der Waals surface area contributed by atoms with Crippen LogP contribution in [-0.4, -0.2) is 17.0 Å². The Hall–Kier alpha value is -3.71. The molecule has 3 aromatic rings. The lowest BCUT2D eigenvalue weighted by Crippen LogP contribution is -2.17. The number of hydrazone groups is 1. The molecular formula is C21H16ClN3O4. The Morgan fingerprint density at radius 1 is 1.10 bits per heavy atom. The Labute approximate surface area is 171 Å². The van der Waals surface area contributed by atoms with Crippen LogP contribution in [0.3, 0.4) is 0 Å². The van der Waals surface area contributed by atoms with E-state index in [1.807, 2.05) is 6.07 Å². The zero-order chi connectivity index (χ0) is 20.6. The number of nitro groups is 1. The first-order chi connectivity index (χ1) is 14.0. The van der Waals surface area contributed by atoms with Crippen molar-refractivity contribution >= 4 is 29.4 Å². The maximum absolute atomic E-state index is 12.1.